The fraction of sp³-hybridized carbons (Fsp3) is 0.308. The highest BCUT2D eigenvalue weighted by Gasteiger charge is 1.90. The van der Waals surface area contributed by atoms with Crippen molar-refractivity contribution in [1.82, 2.24) is 5.01 Å². The van der Waals surface area contributed by atoms with Crippen LogP contribution in [-0.2, 0) is 0 Å². The first kappa shape index (κ1) is 12.8. The highest BCUT2D eigenvalue weighted by Crippen LogP contribution is 2.17. The lowest BCUT2D eigenvalue weighted by Crippen LogP contribution is -2.01. The molecular weight excluding hydrogens is 216 g/mol. The minimum Gasteiger partial charge on any atom is -0.303 e. The van der Waals surface area contributed by atoms with E-state index in [1.807, 2.05) is 38.1 Å². The number of benzene rings is 1. The second-order valence-corrected chi connectivity index (χ2v) is 4.76. The number of thioether (sulfide) groups is 1. The summed E-state index contributed by atoms with van der Waals surface area (Å²) in [7, 11) is 3.84. The van der Waals surface area contributed by atoms with Gasteiger partial charge >= 0.3 is 0 Å². The zero-order chi connectivity index (χ0) is 11.8. The molecule has 86 valence electrons. The molecule has 0 aliphatic carbocycles. The molecule has 0 heterocycles. The predicted molar refractivity (Wildman–Crippen MR) is 73.1 cm³/mol. The van der Waals surface area contributed by atoms with Crippen molar-refractivity contribution in [2.24, 2.45) is 5.10 Å². The van der Waals surface area contributed by atoms with Gasteiger partial charge in [-0.25, -0.2) is 0 Å². The van der Waals surface area contributed by atoms with Crippen molar-refractivity contribution in [3.05, 3.63) is 42.0 Å². The molecule has 0 radical (unpaired) electrons. The normalized spacial score (nSPS) is 12.1. The van der Waals surface area contributed by atoms with E-state index in [1.54, 1.807) is 5.01 Å². The maximum atomic E-state index is 4.18. The Morgan fingerprint density at radius 3 is 2.62 bits per heavy atom. The van der Waals surface area contributed by atoms with E-state index in [1.165, 1.54) is 10.5 Å². The van der Waals surface area contributed by atoms with Gasteiger partial charge in [-0.3, -0.25) is 0 Å². The van der Waals surface area contributed by atoms with Crippen molar-refractivity contribution >= 4 is 18.0 Å². The first-order chi connectivity index (χ1) is 7.68. The summed E-state index contributed by atoms with van der Waals surface area (Å²) in [6, 6.07) is 10.4. The molecule has 1 aromatic rings. The molecule has 0 spiro atoms. The highest BCUT2D eigenvalue weighted by molar-refractivity contribution is 7.99. The van der Waals surface area contributed by atoms with Crippen molar-refractivity contribution < 1.29 is 0 Å². The maximum Gasteiger partial charge on any atom is 0.0496 e. The number of hydrogen-bond donors (Lipinski definition) is 0. The van der Waals surface area contributed by atoms with E-state index in [0.717, 1.165) is 5.75 Å². The molecule has 0 aromatic heterocycles. The van der Waals surface area contributed by atoms with Gasteiger partial charge in [0.15, 0.2) is 0 Å². The van der Waals surface area contributed by atoms with Gasteiger partial charge in [0.2, 0.25) is 0 Å². The minimum absolute atomic E-state index is 0.981. The lowest BCUT2D eigenvalue weighted by molar-refractivity contribution is 0.440. The largest absolute Gasteiger partial charge is 0.303 e. The summed E-state index contributed by atoms with van der Waals surface area (Å²) in [6.07, 6.45) is 4.07. The molecule has 2 nitrogen and oxygen atoms in total. The Balaban J connectivity index is 2.37. The Labute approximate surface area is 102 Å². The molecule has 16 heavy (non-hydrogen) atoms. The third-order valence-corrected chi connectivity index (χ3v) is 2.83. The van der Waals surface area contributed by atoms with Crippen molar-refractivity contribution in [2.75, 3.05) is 19.8 Å². The summed E-state index contributed by atoms with van der Waals surface area (Å²) in [5.74, 6) is 0.981. The van der Waals surface area contributed by atoms with Crippen LogP contribution in [0, 0.1) is 0 Å². The zero-order valence-corrected chi connectivity index (χ0v) is 10.9. The molecule has 0 bridgehead atoms. The van der Waals surface area contributed by atoms with Gasteiger partial charge in [-0.1, -0.05) is 24.3 Å². The molecule has 1 aromatic carbocycles. The summed E-state index contributed by atoms with van der Waals surface area (Å²) in [6.45, 7) is 2.07. The van der Waals surface area contributed by atoms with Crippen LogP contribution in [0.25, 0.3) is 0 Å². The van der Waals surface area contributed by atoms with Crippen LogP contribution in [-0.4, -0.2) is 31.1 Å². The van der Waals surface area contributed by atoms with Gasteiger partial charge in [0.05, 0.1) is 0 Å². The van der Waals surface area contributed by atoms with Crippen LogP contribution in [0.1, 0.15) is 6.92 Å². The Hall–Kier alpha value is -1.22. The van der Waals surface area contributed by atoms with Gasteiger partial charge < -0.3 is 5.01 Å². The van der Waals surface area contributed by atoms with Crippen LogP contribution in [0.2, 0.25) is 0 Å². The van der Waals surface area contributed by atoms with Crippen LogP contribution in [0.5, 0.6) is 0 Å². The van der Waals surface area contributed by atoms with Crippen LogP contribution in [0.15, 0.2) is 52.0 Å². The first-order valence-corrected chi connectivity index (χ1v) is 6.23. The molecule has 0 N–H and O–H groups in total. The molecule has 0 aliphatic rings. The summed E-state index contributed by atoms with van der Waals surface area (Å²) >= 11 is 1.83. The van der Waals surface area contributed by atoms with Crippen LogP contribution >= 0.6 is 11.8 Å². The third kappa shape index (κ3) is 5.61. The molecule has 0 saturated heterocycles. The Morgan fingerprint density at radius 2 is 2.00 bits per heavy atom. The monoisotopic (exact) mass is 234 g/mol. The highest BCUT2D eigenvalue weighted by atomic mass is 32.2. The zero-order valence-electron chi connectivity index (χ0n) is 10.1. The summed E-state index contributed by atoms with van der Waals surface area (Å²) in [4.78, 5) is 1.30. The number of hydrazone groups is 1. The fourth-order valence-electron chi connectivity index (χ4n) is 1.05. The van der Waals surface area contributed by atoms with Crippen LogP contribution < -0.4 is 0 Å². The number of rotatable bonds is 5. The van der Waals surface area contributed by atoms with Crippen molar-refractivity contribution in [3.8, 4) is 0 Å². The van der Waals surface area contributed by atoms with Gasteiger partial charge in [0, 0.05) is 31.0 Å². The maximum absolute atomic E-state index is 4.18. The standard InChI is InChI=1S/C13H18N2S/c1-12(11-14-15(2)3)9-10-16-13-7-5-4-6-8-13/h4-9,11H,10H2,1-3H3/b12-9+,14-11+. The first-order valence-electron chi connectivity index (χ1n) is 5.24. The van der Waals surface area contributed by atoms with Gasteiger partial charge in [0.1, 0.15) is 0 Å². The topological polar surface area (TPSA) is 15.6 Å². The van der Waals surface area contributed by atoms with Crippen molar-refractivity contribution in [3.63, 3.8) is 0 Å². The number of allylic oxidation sites excluding steroid dienone is 1. The van der Waals surface area contributed by atoms with Crippen molar-refractivity contribution in [2.45, 2.75) is 11.8 Å². The number of nitrogens with zero attached hydrogens (tertiary/aromatic N) is 2. The number of hydrogen-bond acceptors (Lipinski definition) is 3. The second-order valence-electron chi connectivity index (χ2n) is 3.66. The summed E-state index contributed by atoms with van der Waals surface area (Å²) in [5.41, 5.74) is 1.19. The van der Waals surface area contributed by atoms with E-state index in [9.17, 15) is 0 Å². The summed E-state index contributed by atoms with van der Waals surface area (Å²) < 4.78 is 0. The molecule has 0 saturated carbocycles. The van der Waals surface area contributed by atoms with Gasteiger partial charge in [0.25, 0.3) is 0 Å². The van der Waals surface area contributed by atoms with Crippen LogP contribution in [0.4, 0.5) is 0 Å². The fourth-order valence-corrected chi connectivity index (χ4v) is 1.93. The molecule has 3 heteroatoms. The average molecular weight is 234 g/mol. The minimum atomic E-state index is 0.981. The van der Waals surface area contributed by atoms with Gasteiger partial charge in [-0.05, 0) is 24.6 Å². The van der Waals surface area contributed by atoms with Gasteiger partial charge in [-0.2, -0.15) is 5.10 Å². The average Bonchev–Trinajstić information content (AvgIpc) is 2.28. The molecule has 0 aliphatic heterocycles. The molecule has 0 unspecified atom stereocenters. The lowest BCUT2D eigenvalue weighted by atomic mass is 10.3. The smallest absolute Gasteiger partial charge is 0.0496 e. The van der Waals surface area contributed by atoms with E-state index in [0.29, 0.717) is 0 Å². The Morgan fingerprint density at radius 1 is 1.31 bits per heavy atom. The van der Waals surface area contributed by atoms with Gasteiger partial charge in [-0.15, -0.1) is 11.8 Å². The molecule has 0 fully saturated rings. The third-order valence-electron chi connectivity index (χ3n) is 1.89. The van der Waals surface area contributed by atoms with E-state index < -0.39 is 0 Å². The Bertz CT molecular complexity index is 355. The summed E-state index contributed by atoms with van der Waals surface area (Å²) in [5, 5.41) is 5.97. The molecule has 1 rings (SSSR count). The quantitative estimate of drug-likeness (QED) is 0.441. The second kappa shape index (κ2) is 7.12. The lowest BCUT2D eigenvalue weighted by Gasteiger charge is -2.02. The van der Waals surface area contributed by atoms with E-state index in [-0.39, 0.29) is 0 Å². The predicted octanol–water partition coefficient (Wildman–Crippen LogP) is 3.27. The van der Waals surface area contributed by atoms with E-state index in [2.05, 4.69) is 42.4 Å². The van der Waals surface area contributed by atoms with E-state index >= 15 is 0 Å². The Kier molecular flexibility index (Phi) is 5.72. The SMILES string of the molecule is CC(/C=N/N(C)C)=C\CSc1ccccc1. The molecule has 0 atom stereocenters. The molecular formula is C13H18N2S. The molecule has 0 amide bonds. The van der Waals surface area contributed by atoms with Crippen molar-refractivity contribution in [1.29, 1.82) is 0 Å². The van der Waals surface area contributed by atoms with E-state index in [4.69, 9.17) is 0 Å². The van der Waals surface area contributed by atoms with Crippen LogP contribution in [0.3, 0.4) is 0 Å².